The summed E-state index contributed by atoms with van der Waals surface area (Å²) in [6, 6.07) is 0. The molecule has 0 aromatic heterocycles. The van der Waals surface area contributed by atoms with Crippen LogP contribution in [0, 0.1) is 11.8 Å². The first-order valence-corrected chi connectivity index (χ1v) is 5.17. The van der Waals surface area contributed by atoms with Crippen LogP contribution in [0.2, 0.25) is 0 Å². The van der Waals surface area contributed by atoms with E-state index >= 15 is 0 Å². The summed E-state index contributed by atoms with van der Waals surface area (Å²) in [5, 5.41) is 1.71. The van der Waals surface area contributed by atoms with Crippen LogP contribution in [0.1, 0.15) is 13.3 Å². The fourth-order valence-corrected chi connectivity index (χ4v) is 1.91. The van der Waals surface area contributed by atoms with Crippen LogP contribution in [0.25, 0.3) is 0 Å². The summed E-state index contributed by atoms with van der Waals surface area (Å²) < 4.78 is 0. The molecule has 4 heteroatoms. The molecule has 4 nitrogen and oxygen atoms in total. The molecule has 1 rings (SSSR count). The molecule has 0 aromatic carbocycles. The van der Waals surface area contributed by atoms with Crippen LogP contribution >= 0.6 is 0 Å². The Morgan fingerprint density at radius 1 is 1.57 bits per heavy atom. The van der Waals surface area contributed by atoms with Crippen molar-refractivity contribution in [2.24, 2.45) is 11.8 Å². The van der Waals surface area contributed by atoms with Gasteiger partial charge in [-0.3, -0.25) is 10.2 Å². The number of rotatable bonds is 3. The zero-order valence-corrected chi connectivity index (χ0v) is 9.58. The molecule has 0 saturated carbocycles. The lowest BCUT2D eigenvalue weighted by atomic mass is 9.93. The SMILES string of the molecule is CC(C(=O)NN(C)C)C1CCN(C)C1. The molecule has 2 atom stereocenters. The largest absolute Gasteiger partial charge is 0.306 e. The lowest BCUT2D eigenvalue weighted by Gasteiger charge is -2.21. The van der Waals surface area contributed by atoms with Crippen LogP contribution in [-0.4, -0.2) is 50.0 Å². The number of nitrogens with one attached hydrogen (secondary N) is 1. The Morgan fingerprint density at radius 3 is 2.64 bits per heavy atom. The van der Waals surface area contributed by atoms with E-state index in [1.807, 2.05) is 21.0 Å². The predicted molar refractivity (Wildman–Crippen MR) is 56.6 cm³/mol. The summed E-state index contributed by atoms with van der Waals surface area (Å²) in [5.74, 6) is 0.762. The highest BCUT2D eigenvalue weighted by molar-refractivity contribution is 5.78. The van der Waals surface area contributed by atoms with Crippen LogP contribution in [0.15, 0.2) is 0 Å². The van der Waals surface area contributed by atoms with E-state index in [-0.39, 0.29) is 11.8 Å². The fourth-order valence-electron chi connectivity index (χ4n) is 1.91. The van der Waals surface area contributed by atoms with E-state index in [9.17, 15) is 4.79 Å². The standard InChI is InChI=1S/C10H21N3O/c1-8(10(14)11-12(2)3)9-5-6-13(4)7-9/h8-9H,5-7H2,1-4H3,(H,11,14). The molecule has 1 aliphatic heterocycles. The molecule has 0 radical (unpaired) electrons. The maximum absolute atomic E-state index is 11.7. The predicted octanol–water partition coefficient (Wildman–Crippen LogP) is 0.167. The minimum atomic E-state index is 0.113. The zero-order valence-electron chi connectivity index (χ0n) is 9.58. The van der Waals surface area contributed by atoms with Crippen LogP contribution in [0.5, 0.6) is 0 Å². The molecule has 0 aliphatic carbocycles. The van der Waals surface area contributed by atoms with E-state index in [2.05, 4.69) is 17.4 Å². The van der Waals surface area contributed by atoms with E-state index in [1.54, 1.807) is 5.01 Å². The molecule has 0 aromatic rings. The minimum Gasteiger partial charge on any atom is -0.306 e. The maximum atomic E-state index is 11.7. The Kier molecular flexibility index (Phi) is 3.89. The van der Waals surface area contributed by atoms with Crippen molar-refractivity contribution in [1.29, 1.82) is 0 Å². The van der Waals surface area contributed by atoms with Crippen molar-refractivity contribution >= 4 is 5.91 Å². The van der Waals surface area contributed by atoms with Gasteiger partial charge in [-0.25, -0.2) is 5.01 Å². The Labute approximate surface area is 86.2 Å². The second-order valence-corrected chi connectivity index (χ2v) is 4.47. The molecule has 1 amide bonds. The van der Waals surface area contributed by atoms with Gasteiger partial charge in [0.25, 0.3) is 0 Å². The number of hydrogen-bond acceptors (Lipinski definition) is 3. The highest BCUT2D eigenvalue weighted by atomic mass is 16.2. The van der Waals surface area contributed by atoms with Gasteiger partial charge >= 0.3 is 0 Å². The summed E-state index contributed by atoms with van der Waals surface area (Å²) in [5.41, 5.74) is 2.81. The van der Waals surface area contributed by atoms with E-state index in [1.165, 1.54) is 0 Å². The van der Waals surface area contributed by atoms with Gasteiger partial charge < -0.3 is 4.90 Å². The van der Waals surface area contributed by atoms with Crippen LogP contribution in [0.3, 0.4) is 0 Å². The smallest absolute Gasteiger partial charge is 0.237 e. The van der Waals surface area contributed by atoms with Gasteiger partial charge in [-0.1, -0.05) is 6.92 Å². The lowest BCUT2D eigenvalue weighted by molar-refractivity contribution is -0.129. The number of hydrazine groups is 1. The summed E-state index contributed by atoms with van der Waals surface area (Å²) in [6.45, 7) is 4.18. The number of hydrogen-bond donors (Lipinski definition) is 1. The molecule has 1 heterocycles. The molecule has 0 bridgehead atoms. The molecular formula is C10H21N3O. The summed E-state index contributed by atoms with van der Waals surface area (Å²) >= 11 is 0. The van der Waals surface area contributed by atoms with Crippen molar-refractivity contribution in [3.63, 3.8) is 0 Å². The summed E-state index contributed by atoms with van der Waals surface area (Å²) in [4.78, 5) is 14.0. The monoisotopic (exact) mass is 199 g/mol. The molecule has 1 fully saturated rings. The summed E-state index contributed by atoms with van der Waals surface area (Å²) in [7, 11) is 5.79. The topological polar surface area (TPSA) is 35.6 Å². The third-order valence-electron chi connectivity index (χ3n) is 2.88. The highest BCUT2D eigenvalue weighted by Crippen LogP contribution is 2.22. The summed E-state index contributed by atoms with van der Waals surface area (Å²) in [6.07, 6.45) is 1.14. The Bertz CT molecular complexity index is 206. The Morgan fingerprint density at radius 2 is 2.21 bits per heavy atom. The van der Waals surface area contributed by atoms with Gasteiger partial charge in [0.05, 0.1) is 0 Å². The van der Waals surface area contributed by atoms with Gasteiger partial charge in [0, 0.05) is 26.6 Å². The molecule has 1 N–H and O–H groups in total. The molecule has 1 aliphatic rings. The first kappa shape index (κ1) is 11.5. The van der Waals surface area contributed by atoms with Gasteiger partial charge in [0.2, 0.25) is 5.91 Å². The average molecular weight is 199 g/mol. The van der Waals surface area contributed by atoms with Crippen LogP contribution in [-0.2, 0) is 4.79 Å². The molecule has 0 spiro atoms. The van der Waals surface area contributed by atoms with Crippen molar-refractivity contribution in [3.05, 3.63) is 0 Å². The van der Waals surface area contributed by atoms with Crippen LogP contribution < -0.4 is 5.43 Å². The molecule has 14 heavy (non-hydrogen) atoms. The van der Waals surface area contributed by atoms with Crippen molar-refractivity contribution in [1.82, 2.24) is 15.3 Å². The number of likely N-dealkylation sites (tertiary alicyclic amines) is 1. The van der Waals surface area contributed by atoms with Crippen molar-refractivity contribution < 1.29 is 4.79 Å². The highest BCUT2D eigenvalue weighted by Gasteiger charge is 2.29. The van der Waals surface area contributed by atoms with Gasteiger partial charge in [0.1, 0.15) is 0 Å². The van der Waals surface area contributed by atoms with Crippen LogP contribution in [0.4, 0.5) is 0 Å². The number of nitrogens with zero attached hydrogens (tertiary/aromatic N) is 2. The lowest BCUT2D eigenvalue weighted by Crippen LogP contribution is -2.41. The first-order valence-electron chi connectivity index (χ1n) is 5.17. The number of carbonyl (C=O) groups is 1. The molecule has 82 valence electrons. The van der Waals surface area contributed by atoms with E-state index in [0.29, 0.717) is 5.92 Å². The zero-order chi connectivity index (χ0) is 10.7. The average Bonchev–Trinajstić information content (AvgIpc) is 2.49. The third-order valence-corrected chi connectivity index (χ3v) is 2.88. The van der Waals surface area contributed by atoms with Gasteiger partial charge in [0.15, 0.2) is 0 Å². The number of carbonyl (C=O) groups excluding carboxylic acids is 1. The van der Waals surface area contributed by atoms with Crippen molar-refractivity contribution in [2.45, 2.75) is 13.3 Å². The Hall–Kier alpha value is -0.610. The first-order chi connectivity index (χ1) is 6.50. The van der Waals surface area contributed by atoms with Gasteiger partial charge in [-0.15, -0.1) is 0 Å². The van der Waals surface area contributed by atoms with Gasteiger partial charge in [-0.05, 0) is 25.9 Å². The van der Waals surface area contributed by atoms with E-state index < -0.39 is 0 Å². The maximum Gasteiger partial charge on any atom is 0.237 e. The fraction of sp³-hybridized carbons (Fsp3) is 0.900. The second-order valence-electron chi connectivity index (χ2n) is 4.47. The third kappa shape index (κ3) is 2.96. The van der Waals surface area contributed by atoms with E-state index in [0.717, 1.165) is 19.5 Å². The molecule has 1 saturated heterocycles. The second kappa shape index (κ2) is 4.75. The van der Waals surface area contributed by atoms with Gasteiger partial charge in [-0.2, -0.15) is 0 Å². The molecular weight excluding hydrogens is 178 g/mol. The normalized spacial score (nSPS) is 25.4. The molecule has 2 unspecified atom stereocenters. The van der Waals surface area contributed by atoms with Crippen molar-refractivity contribution in [2.75, 3.05) is 34.2 Å². The quantitative estimate of drug-likeness (QED) is 0.658. The van der Waals surface area contributed by atoms with Crippen molar-refractivity contribution in [3.8, 4) is 0 Å². The minimum absolute atomic E-state index is 0.113. The Balaban J connectivity index is 2.40. The number of amides is 1. The van der Waals surface area contributed by atoms with E-state index in [4.69, 9.17) is 0 Å².